The fourth-order valence-electron chi connectivity index (χ4n) is 5.28. The number of rotatable bonds is 3. The SMILES string of the molecule is CN(C)C1CCC2(CC1)CN(C(=O)CC1CCCC1)Cc1ccccc1O2. The fraction of sp³-hybridized carbons (Fsp3) is 0.696. The molecule has 3 aliphatic rings. The summed E-state index contributed by atoms with van der Waals surface area (Å²) in [5.74, 6) is 1.91. The summed E-state index contributed by atoms with van der Waals surface area (Å²) in [5.41, 5.74) is 0.939. The van der Waals surface area contributed by atoms with Crippen molar-refractivity contribution in [2.45, 2.75) is 76.0 Å². The van der Waals surface area contributed by atoms with E-state index in [0.717, 1.165) is 50.0 Å². The van der Waals surface area contributed by atoms with Crippen molar-refractivity contribution < 1.29 is 9.53 Å². The Morgan fingerprint density at radius 1 is 1.15 bits per heavy atom. The molecule has 1 spiro atoms. The van der Waals surface area contributed by atoms with Gasteiger partial charge >= 0.3 is 0 Å². The molecule has 2 fully saturated rings. The number of nitrogens with zero attached hydrogens (tertiary/aromatic N) is 2. The van der Waals surface area contributed by atoms with Crippen molar-refractivity contribution in [1.29, 1.82) is 0 Å². The van der Waals surface area contributed by atoms with Crippen LogP contribution in [0.3, 0.4) is 0 Å². The van der Waals surface area contributed by atoms with E-state index in [0.29, 0.717) is 24.4 Å². The van der Waals surface area contributed by atoms with Gasteiger partial charge in [-0.1, -0.05) is 31.0 Å². The van der Waals surface area contributed by atoms with Gasteiger partial charge in [0, 0.05) is 24.6 Å². The van der Waals surface area contributed by atoms with Crippen LogP contribution in [0.2, 0.25) is 0 Å². The Kier molecular flexibility index (Phi) is 5.45. The van der Waals surface area contributed by atoms with Crippen molar-refractivity contribution in [1.82, 2.24) is 9.80 Å². The lowest BCUT2D eigenvalue weighted by Crippen LogP contribution is -2.51. The van der Waals surface area contributed by atoms with Gasteiger partial charge in [0.1, 0.15) is 11.4 Å². The average molecular weight is 371 g/mol. The lowest BCUT2D eigenvalue weighted by atomic mass is 9.81. The summed E-state index contributed by atoms with van der Waals surface area (Å²) >= 11 is 0. The molecule has 148 valence electrons. The van der Waals surface area contributed by atoms with Crippen LogP contribution in [-0.4, -0.2) is 48.0 Å². The summed E-state index contributed by atoms with van der Waals surface area (Å²) in [4.78, 5) is 17.6. The second kappa shape index (κ2) is 7.83. The zero-order valence-electron chi connectivity index (χ0n) is 17.0. The van der Waals surface area contributed by atoms with Crippen molar-refractivity contribution in [3.63, 3.8) is 0 Å². The molecule has 1 aromatic carbocycles. The number of carbonyl (C=O) groups excluding carboxylic acids is 1. The molecule has 1 amide bonds. The summed E-state index contributed by atoms with van der Waals surface area (Å²) in [5, 5.41) is 0. The Morgan fingerprint density at radius 2 is 1.85 bits per heavy atom. The van der Waals surface area contributed by atoms with Crippen molar-refractivity contribution in [2.75, 3.05) is 20.6 Å². The highest BCUT2D eigenvalue weighted by Gasteiger charge is 2.42. The lowest BCUT2D eigenvalue weighted by Gasteiger charge is -2.43. The zero-order valence-corrected chi connectivity index (χ0v) is 17.0. The first-order valence-electron chi connectivity index (χ1n) is 10.8. The Morgan fingerprint density at radius 3 is 2.56 bits per heavy atom. The van der Waals surface area contributed by atoms with Gasteiger partial charge in [0.15, 0.2) is 0 Å². The third kappa shape index (κ3) is 4.16. The van der Waals surface area contributed by atoms with Gasteiger partial charge in [-0.25, -0.2) is 0 Å². The van der Waals surface area contributed by atoms with Crippen LogP contribution >= 0.6 is 0 Å². The Hall–Kier alpha value is -1.55. The molecule has 0 unspecified atom stereocenters. The van der Waals surface area contributed by atoms with Gasteiger partial charge in [-0.2, -0.15) is 0 Å². The van der Waals surface area contributed by atoms with E-state index in [1.165, 1.54) is 25.7 Å². The average Bonchev–Trinajstić information content (AvgIpc) is 3.10. The molecule has 0 aromatic heterocycles. The number of carbonyl (C=O) groups is 1. The summed E-state index contributed by atoms with van der Waals surface area (Å²) in [6, 6.07) is 8.94. The first kappa shape index (κ1) is 18.8. The maximum Gasteiger partial charge on any atom is 0.223 e. The molecule has 4 nitrogen and oxygen atoms in total. The normalized spacial score (nSPS) is 28.9. The summed E-state index contributed by atoms with van der Waals surface area (Å²) < 4.78 is 6.65. The molecule has 4 rings (SSSR count). The lowest BCUT2D eigenvalue weighted by molar-refractivity contribution is -0.136. The van der Waals surface area contributed by atoms with Gasteiger partial charge in [0.05, 0.1) is 6.54 Å². The highest BCUT2D eigenvalue weighted by Crippen LogP contribution is 2.39. The summed E-state index contributed by atoms with van der Waals surface area (Å²) in [7, 11) is 4.34. The van der Waals surface area contributed by atoms with Crippen molar-refractivity contribution >= 4 is 5.91 Å². The second-order valence-corrected chi connectivity index (χ2v) is 9.19. The van der Waals surface area contributed by atoms with Crippen LogP contribution in [0, 0.1) is 5.92 Å². The maximum atomic E-state index is 13.2. The Bertz CT molecular complexity index is 658. The van der Waals surface area contributed by atoms with E-state index in [1.807, 2.05) is 6.07 Å². The molecular weight excluding hydrogens is 336 g/mol. The smallest absolute Gasteiger partial charge is 0.223 e. The first-order valence-corrected chi connectivity index (χ1v) is 10.8. The van der Waals surface area contributed by atoms with Crippen LogP contribution in [0.4, 0.5) is 0 Å². The zero-order chi connectivity index (χ0) is 18.9. The quantitative estimate of drug-likeness (QED) is 0.798. The van der Waals surface area contributed by atoms with Crippen LogP contribution in [0.25, 0.3) is 0 Å². The Labute approximate surface area is 163 Å². The van der Waals surface area contributed by atoms with E-state index in [-0.39, 0.29) is 5.60 Å². The maximum absolute atomic E-state index is 13.2. The van der Waals surface area contributed by atoms with Gasteiger partial charge in [-0.3, -0.25) is 4.79 Å². The van der Waals surface area contributed by atoms with Crippen LogP contribution in [-0.2, 0) is 11.3 Å². The van der Waals surface area contributed by atoms with Gasteiger partial charge in [0.25, 0.3) is 0 Å². The van der Waals surface area contributed by atoms with E-state index < -0.39 is 0 Å². The van der Waals surface area contributed by atoms with Crippen LogP contribution < -0.4 is 4.74 Å². The van der Waals surface area contributed by atoms with Crippen LogP contribution in [0.15, 0.2) is 24.3 Å². The molecule has 4 heteroatoms. The van der Waals surface area contributed by atoms with Crippen molar-refractivity contribution in [3.05, 3.63) is 29.8 Å². The van der Waals surface area contributed by atoms with E-state index >= 15 is 0 Å². The van der Waals surface area contributed by atoms with Gasteiger partial charge in [-0.15, -0.1) is 0 Å². The van der Waals surface area contributed by atoms with Gasteiger partial charge in [0.2, 0.25) is 5.91 Å². The predicted molar refractivity (Wildman–Crippen MR) is 108 cm³/mol. The monoisotopic (exact) mass is 370 g/mol. The highest BCUT2D eigenvalue weighted by atomic mass is 16.5. The molecule has 2 aliphatic carbocycles. The van der Waals surface area contributed by atoms with E-state index in [9.17, 15) is 4.79 Å². The molecule has 0 saturated heterocycles. The molecule has 0 radical (unpaired) electrons. The number of fused-ring (bicyclic) bond motifs is 1. The molecule has 0 bridgehead atoms. The molecule has 1 aliphatic heterocycles. The number of ether oxygens (including phenoxy) is 1. The standard InChI is InChI=1S/C23H34N2O2/c1-24(2)20-11-13-23(14-12-20)17-25(22(26)15-18-7-3-4-8-18)16-19-9-5-6-10-21(19)27-23/h5-6,9-10,18,20H,3-4,7-8,11-17H2,1-2H3. The Balaban J connectivity index is 1.54. The third-order valence-corrected chi connectivity index (χ3v) is 7.03. The minimum absolute atomic E-state index is 0.218. The minimum Gasteiger partial charge on any atom is -0.485 e. The van der Waals surface area contributed by atoms with Gasteiger partial charge < -0.3 is 14.5 Å². The molecule has 27 heavy (non-hydrogen) atoms. The molecule has 0 N–H and O–H groups in total. The molecule has 2 saturated carbocycles. The predicted octanol–water partition coefficient (Wildman–Crippen LogP) is 4.23. The molecule has 0 atom stereocenters. The molecule has 1 aromatic rings. The minimum atomic E-state index is -0.218. The number of hydrogen-bond acceptors (Lipinski definition) is 3. The van der Waals surface area contributed by atoms with Crippen molar-refractivity contribution in [3.8, 4) is 5.75 Å². The number of para-hydroxylation sites is 1. The number of amides is 1. The highest BCUT2D eigenvalue weighted by molar-refractivity contribution is 5.77. The van der Waals surface area contributed by atoms with Crippen LogP contribution in [0.1, 0.15) is 63.4 Å². The fourth-order valence-corrected chi connectivity index (χ4v) is 5.28. The number of hydrogen-bond donors (Lipinski definition) is 0. The summed E-state index contributed by atoms with van der Waals surface area (Å²) in [6.07, 6.45) is 10.1. The largest absolute Gasteiger partial charge is 0.485 e. The molecule has 1 heterocycles. The summed E-state index contributed by atoms with van der Waals surface area (Å²) in [6.45, 7) is 1.44. The van der Waals surface area contributed by atoms with Crippen LogP contribution in [0.5, 0.6) is 5.75 Å². The van der Waals surface area contributed by atoms with Crippen molar-refractivity contribution in [2.24, 2.45) is 5.92 Å². The second-order valence-electron chi connectivity index (χ2n) is 9.19. The van der Waals surface area contributed by atoms with E-state index in [2.05, 4.69) is 42.1 Å². The number of benzene rings is 1. The first-order chi connectivity index (χ1) is 13.0. The topological polar surface area (TPSA) is 32.8 Å². The third-order valence-electron chi connectivity index (χ3n) is 7.03. The van der Waals surface area contributed by atoms with Gasteiger partial charge in [-0.05, 0) is 64.6 Å². The van der Waals surface area contributed by atoms with E-state index in [1.54, 1.807) is 0 Å². The van der Waals surface area contributed by atoms with E-state index in [4.69, 9.17) is 4.74 Å². The molecular formula is C23H34N2O2.